The summed E-state index contributed by atoms with van der Waals surface area (Å²) in [5, 5.41) is 0.596. The first-order chi connectivity index (χ1) is 12.7. The zero-order valence-corrected chi connectivity index (χ0v) is 11.0. The van der Waals surface area contributed by atoms with E-state index in [4.69, 9.17) is 8.22 Å². The summed E-state index contributed by atoms with van der Waals surface area (Å²) >= 11 is 0. The van der Waals surface area contributed by atoms with E-state index in [0.29, 0.717) is 40.1 Å². The molecule has 0 radical (unpaired) electrons. The molecule has 1 aliphatic rings. The summed E-state index contributed by atoms with van der Waals surface area (Å²) in [7, 11) is 0. The first-order valence-corrected chi connectivity index (χ1v) is 6.72. The van der Waals surface area contributed by atoms with Gasteiger partial charge in [-0.25, -0.2) is 9.55 Å². The number of rotatable bonds is 0. The summed E-state index contributed by atoms with van der Waals surface area (Å²) in [6, 6.07) is 10.7. The fourth-order valence-electron chi connectivity index (χ4n) is 3.33. The standard InChI is InChI=1S/C17H15N4/c1-19-13-8-4-3-7-12(13)15-17(19)21-10-11-6-5-9-18-14(11)16(21)20(15)2/h3-9H,10H2,1-2H3/q+1/i1D3,2D3. The van der Waals surface area contributed by atoms with Crippen LogP contribution in [0.25, 0.3) is 33.6 Å². The van der Waals surface area contributed by atoms with E-state index in [1.165, 1.54) is 9.13 Å². The van der Waals surface area contributed by atoms with Crippen LogP contribution < -0.4 is 4.57 Å². The molecule has 4 aromatic rings. The summed E-state index contributed by atoms with van der Waals surface area (Å²) in [4.78, 5) is 4.38. The molecule has 1 aromatic carbocycles. The highest BCUT2D eigenvalue weighted by molar-refractivity contribution is 6.04. The van der Waals surface area contributed by atoms with Gasteiger partial charge in [0.25, 0.3) is 11.5 Å². The maximum Gasteiger partial charge on any atom is 0.269 e. The number of nitrogens with zero attached hydrogens (tertiary/aromatic N) is 4. The van der Waals surface area contributed by atoms with Crippen molar-refractivity contribution in [1.29, 1.82) is 0 Å². The molecule has 0 atom stereocenters. The van der Waals surface area contributed by atoms with Gasteiger partial charge in [-0.3, -0.25) is 9.13 Å². The normalized spacial score (nSPS) is 18.5. The van der Waals surface area contributed by atoms with Crippen LogP contribution >= 0.6 is 0 Å². The number of hydrogen-bond acceptors (Lipinski definition) is 1. The third-order valence-corrected chi connectivity index (χ3v) is 4.20. The van der Waals surface area contributed by atoms with Gasteiger partial charge in [0, 0.05) is 11.8 Å². The van der Waals surface area contributed by atoms with Crippen molar-refractivity contribution in [2.75, 3.05) is 0 Å². The number of fused-ring (bicyclic) bond motifs is 7. The van der Waals surface area contributed by atoms with Crippen LogP contribution in [0.3, 0.4) is 0 Å². The monoisotopic (exact) mass is 281 g/mol. The van der Waals surface area contributed by atoms with Crippen LogP contribution in [0.4, 0.5) is 0 Å². The van der Waals surface area contributed by atoms with Crippen LogP contribution in [-0.4, -0.2) is 14.1 Å². The van der Waals surface area contributed by atoms with Gasteiger partial charge >= 0.3 is 0 Å². The van der Waals surface area contributed by atoms with Crippen molar-refractivity contribution < 1.29 is 12.8 Å². The molecule has 5 rings (SSSR count). The lowest BCUT2D eigenvalue weighted by Crippen LogP contribution is -2.33. The highest BCUT2D eigenvalue weighted by Crippen LogP contribution is 2.33. The highest BCUT2D eigenvalue weighted by atomic mass is 15.2. The van der Waals surface area contributed by atoms with Crippen LogP contribution in [-0.2, 0) is 20.5 Å². The fourth-order valence-corrected chi connectivity index (χ4v) is 3.33. The van der Waals surface area contributed by atoms with Crippen LogP contribution in [0, 0.1) is 0 Å². The fraction of sp³-hybridized carbons (Fsp3) is 0.176. The van der Waals surface area contributed by atoms with E-state index in [1.54, 1.807) is 41.1 Å². The summed E-state index contributed by atoms with van der Waals surface area (Å²) in [5.41, 5.74) is 2.70. The number of aromatic nitrogens is 4. The average Bonchev–Trinajstić information content (AvgIpc) is 3.19. The first kappa shape index (κ1) is 6.89. The van der Waals surface area contributed by atoms with E-state index in [2.05, 4.69) is 4.98 Å². The van der Waals surface area contributed by atoms with Gasteiger partial charge < -0.3 is 0 Å². The Hall–Kier alpha value is -2.62. The molecule has 0 amide bonds. The summed E-state index contributed by atoms with van der Waals surface area (Å²) < 4.78 is 52.8. The number of pyridine rings is 1. The molecule has 4 heterocycles. The van der Waals surface area contributed by atoms with Gasteiger partial charge in [0.2, 0.25) is 0 Å². The maximum atomic E-state index is 8.13. The number of benzene rings is 1. The molecule has 21 heavy (non-hydrogen) atoms. The maximum absolute atomic E-state index is 8.13. The Bertz CT molecular complexity index is 1230. The van der Waals surface area contributed by atoms with Crippen molar-refractivity contribution in [2.45, 2.75) is 6.54 Å². The van der Waals surface area contributed by atoms with Gasteiger partial charge in [0.1, 0.15) is 11.2 Å². The third kappa shape index (κ3) is 1.17. The van der Waals surface area contributed by atoms with E-state index < -0.39 is 14.0 Å². The smallest absolute Gasteiger partial charge is 0.259 e. The zero-order chi connectivity index (χ0) is 19.1. The summed E-state index contributed by atoms with van der Waals surface area (Å²) in [6.07, 6.45) is 1.62. The van der Waals surface area contributed by atoms with Crippen LogP contribution in [0.15, 0.2) is 42.6 Å². The minimum atomic E-state index is -2.48. The van der Waals surface area contributed by atoms with Crippen molar-refractivity contribution in [3.05, 3.63) is 48.2 Å². The van der Waals surface area contributed by atoms with Gasteiger partial charge in [0.15, 0.2) is 5.52 Å². The quantitative estimate of drug-likeness (QED) is 0.400. The Morgan fingerprint density at radius 2 is 2.05 bits per heavy atom. The Labute approximate surface area is 130 Å². The van der Waals surface area contributed by atoms with Gasteiger partial charge in [-0.05, 0) is 18.2 Å². The lowest BCUT2D eigenvalue weighted by molar-refractivity contribution is -0.648. The number of imidazole rings is 1. The predicted molar refractivity (Wildman–Crippen MR) is 81.9 cm³/mol. The van der Waals surface area contributed by atoms with Gasteiger partial charge in [0.05, 0.1) is 34.1 Å². The molecular weight excluding hydrogens is 260 g/mol. The summed E-state index contributed by atoms with van der Waals surface area (Å²) in [6.45, 7) is -4.56. The summed E-state index contributed by atoms with van der Waals surface area (Å²) in [5.74, 6) is 0.416. The average molecular weight is 281 g/mol. The molecule has 0 saturated carbocycles. The lowest BCUT2D eigenvalue weighted by Gasteiger charge is -1.97. The van der Waals surface area contributed by atoms with Gasteiger partial charge in [-0.15, -0.1) is 0 Å². The van der Waals surface area contributed by atoms with E-state index >= 15 is 0 Å². The Morgan fingerprint density at radius 3 is 2.95 bits per heavy atom. The molecule has 0 N–H and O–H groups in total. The van der Waals surface area contributed by atoms with E-state index in [-0.39, 0.29) is 0 Å². The molecule has 102 valence electrons. The van der Waals surface area contributed by atoms with Crippen LogP contribution in [0.2, 0.25) is 0 Å². The molecule has 4 heteroatoms. The largest absolute Gasteiger partial charge is 0.269 e. The molecule has 1 aliphatic heterocycles. The Kier molecular flexibility index (Phi) is 1.16. The molecule has 4 nitrogen and oxygen atoms in total. The second kappa shape index (κ2) is 3.52. The molecular formula is C17H15N4+. The molecule has 0 spiro atoms. The van der Waals surface area contributed by atoms with Crippen molar-refractivity contribution in [3.63, 3.8) is 0 Å². The molecule has 0 saturated heterocycles. The molecule has 0 fully saturated rings. The Balaban J connectivity index is 2.07. The predicted octanol–water partition coefficient (Wildman–Crippen LogP) is 2.38. The van der Waals surface area contributed by atoms with Crippen molar-refractivity contribution in [1.82, 2.24) is 14.1 Å². The van der Waals surface area contributed by atoms with Gasteiger partial charge in [-0.1, -0.05) is 18.2 Å². The Morgan fingerprint density at radius 1 is 1.14 bits per heavy atom. The van der Waals surface area contributed by atoms with E-state index in [9.17, 15) is 0 Å². The molecule has 3 aromatic heterocycles. The lowest BCUT2D eigenvalue weighted by atomic mass is 10.2. The van der Waals surface area contributed by atoms with E-state index in [0.717, 1.165) is 5.56 Å². The minimum Gasteiger partial charge on any atom is -0.259 e. The molecule has 0 bridgehead atoms. The van der Waals surface area contributed by atoms with Crippen molar-refractivity contribution in [2.24, 2.45) is 14.0 Å². The number of para-hydroxylation sites is 1. The molecule has 0 aliphatic carbocycles. The number of aryl methyl sites for hydroxylation is 2. The van der Waals surface area contributed by atoms with Crippen LogP contribution in [0.5, 0.6) is 0 Å². The van der Waals surface area contributed by atoms with E-state index in [1.807, 2.05) is 6.07 Å². The topological polar surface area (TPSA) is 26.6 Å². The second-order valence-electron chi connectivity index (χ2n) is 5.28. The first-order valence-electron chi connectivity index (χ1n) is 9.72. The molecule has 0 unspecified atom stereocenters. The van der Waals surface area contributed by atoms with Gasteiger partial charge in [-0.2, -0.15) is 0 Å². The van der Waals surface area contributed by atoms with Crippen molar-refractivity contribution >= 4 is 22.1 Å². The second-order valence-corrected chi connectivity index (χ2v) is 5.28. The number of hydrogen-bond donors (Lipinski definition) is 0. The van der Waals surface area contributed by atoms with Crippen LogP contribution in [0.1, 0.15) is 13.8 Å². The zero-order valence-electron chi connectivity index (χ0n) is 17.0. The van der Waals surface area contributed by atoms with Crippen molar-refractivity contribution in [3.8, 4) is 11.5 Å². The third-order valence-electron chi connectivity index (χ3n) is 4.20. The minimum absolute atomic E-state index is 0.375. The highest BCUT2D eigenvalue weighted by Gasteiger charge is 2.34. The SMILES string of the molecule is [2H]C([2H])([2H])n1c2[n+](c3c1c1ccccc1n3C([2H])([2H])[2H])Cc1cccnc1-2.